The highest BCUT2D eigenvalue weighted by molar-refractivity contribution is 4.83. The minimum Gasteiger partial charge on any atom is -0.317 e. The van der Waals surface area contributed by atoms with Crippen LogP contribution in [-0.2, 0) is 0 Å². The molecule has 1 heteroatoms. The van der Waals surface area contributed by atoms with Gasteiger partial charge in [0.15, 0.2) is 0 Å². The lowest BCUT2D eigenvalue weighted by Gasteiger charge is -2.10. The van der Waals surface area contributed by atoms with E-state index in [4.69, 9.17) is 6.42 Å². The van der Waals surface area contributed by atoms with Crippen molar-refractivity contribution in [3.63, 3.8) is 0 Å². The summed E-state index contributed by atoms with van der Waals surface area (Å²) in [6.07, 6.45) is 11.1. The topological polar surface area (TPSA) is 12.0 Å². The van der Waals surface area contributed by atoms with Crippen molar-refractivity contribution in [1.82, 2.24) is 5.32 Å². The van der Waals surface area contributed by atoms with Gasteiger partial charge in [0.1, 0.15) is 0 Å². The van der Waals surface area contributed by atoms with Crippen LogP contribution >= 0.6 is 0 Å². The fourth-order valence-corrected chi connectivity index (χ4v) is 1.35. The maximum absolute atomic E-state index is 5.19. The minimum absolute atomic E-state index is 0.817. The van der Waals surface area contributed by atoms with E-state index in [9.17, 15) is 0 Å². The number of hydrogen-bond acceptors (Lipinski definition) is 1. The zero-order valence-electron chi connectivity index (χ0n) is 9.10. The van der Waals surface area contributed by atoms with E-state index in [1.165, 1.54) is 25.7 Å². The lowest BCUT2D eigenvalue weighted by atomic mass is 10.0. The van der Waals surface area contributed by atoms with Crippen LogP contribution in [0.3, 0.4) is 0 Å². The molecular weight excluding hydrogens is 158 g/mol. The summed E-state index contributed by atoms with van der Waals surface area (Å²) in [5.74, 6) is 3.50. The lowest BCUT2D eigenvalue weighted by molar-refractivity contribution is 0.459. The summed E-state index contributed by atoms with van der Waals surface area (Å²) in [6, 6.07) is 0. The molecule has 0 aromatic heterocycles. The summed E-state index contributed by atoms with van der Waals surface area (Å²) in [5.41, 5.74) is 0. The summed E-state index contributed by atoms with van der Waals surface area (Å²) in [7, 11) is 0. The van der Waals surface area contributed by atoms with Gasteiger partial charge in [-0.1, -0.05) is 13.8 Å². The molecular formula is C12H23N. The molecule has 0 aromatic carbocycles. The first-order chi connectivity index (χ1) is 6.31. The Morgan fingerprint density at radius 2 is 2.08 bits per heavy atom. The molecule has 1 atom stereocenters. The number of hydrogen-bond donors (Lipinski definition) is 1. The fourth-order valence-electron chi connectivity index (χ4n) is 1.35. The molecule has 1 unspecified atom stereocenters. The normalized spacial score (nSPS) is 12.4. The van der Waals surface area contributed by atoms with Crippen molar-refractivity contribution in [3.05, 3.63) is 0 Å². The van der Waals surface area contributed by atoms with Gasteiger partial charge in [-0.05, 0) is 44.7 Å². The van der Waals surface area contributed by atoms with Gasteiger partial charge < -0.3 is 5.32 Å². The van der Waals surface area contributed by atoms with Crippen LogP contribution < -0.4 is 5.32 Å². The van der Waals surface area contributed by atoms with Crippen molar-refractivity contribution in [2.45, 2.75) is 46.0 Å². The molecule has 1 nitrogen and oxygen atoms in total. The zero-order chi connectivity index (χ0) is 9.94. The van der Waals surface area contributed by atoms with Gasteiger partial charge in [0, 0.05) is 6.42 Å². The van der Waals surface area contributed by atoms with E-state index in [2.05, 4.69) is 25.1 Å². The van der Waals surface area contributed by atoms with E-state index in [1.807, 2.05) is 0 Å². The van der Waals surface area contributed by atoms with Gasteiger partial charge in [-0.2, -0.15) is 0 Å². The molecule has 0 aliphatic heterocycles. The lowest BCUT2D eigenvalue weighted by Crippen LogP contribution is -2.18. The van der Waals surface area contributed by atoms with Gasteiger partial charge in [-0.25, -0.2) is 0 Å². The first kappa shape index (κ1) is 12.5. The Bertz CT molecular complexity index is 135. The number of rotatable bonds is 8. The molecule has 0 rings (SSSR count). The summed E-state index contributed by atoms with van der Waals surface area (Å²) in [5, 5.41) is 3.42. The van der Waals surface area contributed by atoms with Crippen LogP contribution in [0.25, 0.3) is 0 Å². The van der Waals surface area contributed by atoms with E-state index in [0.29, 0.717) is 0 Å². The van der Waals surface area contributed by atoms with Crippen LogP contribution in [0.15, 0.2) is 0 Å². The van der Waals surface area contributed by atoms with Gasteiger partial charge in [0.25, 0.3) is 0 Å². The van der Waals surface area contributed by atoms with Crippen molar-refractivity contribution in [2.75, 3.05) is 13.1 Å². The third kappa shape index (κ3) is 9.43. The first-order valence-corrected chi connectivity index (χ1v) is 5.45. The van der Waals surface area contributed by atoms with Crippen molar-refractivity contribution >= 4 is 0 Å². The van der Waals surface area contributed by atoms with Crippen molar-refractivity contribution in [1.29, 1.82) is 0 Å². The quantitative estimate of drug-likeness (QED) is 0.448. The predicted octanol–water partition coefficient (Wildman–Crippen LogP) is 2.82. The Balaban J connectivity index is 3.11. The molecule has 0 fully saturated rings. The monoisotopic (exact) mass is 181 g/mol. The van der Waals surface area contributed by atoms with E-state index in [-0.39, 0.29) is 0 Å². The first-order valence-electron chi connectivity index (χ1n) is 5.45. The van der Waals surface area contributed by atoms with Crippen LogP contribution in [0.2, 0.25) is 0 Å². The molecule has 0 spiro atoms. The second-order valence-corrected chi connectivity index (χ2v) is 3.74. The average molecular weight is 181 g/mol. The van der Waals surface area contributed by atoms with Crippen LogP contribution in [0.1, 0.15) is 46.0 Å². The van der Waals surface area contributed by atoms with Gasteiger partial charge in [-0.15, -0.1) is 12.3 Å². The summed E-state index contributed by atoms with van der Waals surface area (Å²) >= 11 is 0. The second kappa shape index (κ2) is 9.61. The van der Waals surface area contributed by atoms with Crippen LogP contribution in [0, 0.1) is 18.3 Å². The fraction of sp³-hybridized carbons (Fsp3) is 0.833. The third-order valence-electron chi connectivity index (χ3n) is 2.26. The standard InChI is InChI=1S/C12H23N/c1-4-6-7-8-12(3)9-11-13-10-5-2/h1,12-13H,5-11H2,2-3H3. The highest BCUT2D eigenvalue weighted by Crippen LogP contribution is 2.10. The maximum Gasteiger partial charge on any atom is 0.00861 e. The van der Waals surface area contributed by atoms with Gasteiger partial charge in [0.05, 0.1) is 0 Å². The van der Waals surface area contributed by atoms with E-state index in [1.54, 1.807) is 0 Å². The number of terminal acetylenes is 1. The summed E-state index contributed by atoms with van der Waals surface area (Å²) in [4.78, 5) is 0. The molecule has 76 valence electrons. The molecule has 0 aliphatic rings. The van der Waals surface area contributed by atoms with E-state index in [0.717, 1.165) is 25.4 Å². The van der Waals surface area contributed by atoms with Gasteiger partial charge >= 0.3 is 0 Å². The van der Waals surface area contributed by atoms with Crippen molar-refractivity contribution in [2.24, 2.45) is 5.92 Å². The minimum atomic E-state index is 0.817. The Morgan fingerprint density at radius 3 is 2.69 bits per heavy atom. The summed E-state index contributed by atoms with van der Waals surface area (Å²) < 4.78 is 0. The molecule has 0 aromatic rings. The third-order valence-corrected chi connectivity index (χ3v) is 2.26. The highest BCUT2D eigenvalue weighted by Gasteiger charge is 2.00. The largest absolute Gasteiger partial charge is 0.317 e. The van der Waals surface area contributed by atoms with Gasteiger partial charge in [-0.3, -0.25) is 0 Å². The molecule has 0 radical (unpaired) electrons. The molecule has 0 saturated carbocycles. The summed E-state index contributed by atoms with van der Waals surface area (Å²) in [6.45, 7) is 6.82. The predicted molar refractivity (Wildman–Crippen MR) is 59.6 cm³/mol. The van der Waals surface area contributed by atoms with E-state index >= 15 is 0 Å². The Morgan fingerprint density at radius 1 is 1.31 bits per heavy atom. The van der Waals surface area contributed by atoms with Crippen molar-refractivity contribution < 1.29 is 0 Å². The zero-order valence-corrected chi connectivity index (χ0v) is 9.10. The molecule has 0 heterocycles. The van der Waals surface area contributed by atoms with Crippen LogP contribution in [0.5, 0.6) is 0 Å². The molecule has 0 saturated heterocycles. The van der Waals surface area contributed by atoms with E-state index < -0.39 is 0 Å². The molecule has 13 heavy (non-hydrogen) atoms. The molecule has 0 bridgehead atoms. The van der Waals surface area contributed by atoms with Crippen LogP contribution in [0.4, 0.5) is 0 Å². The SMILES string of the molecule is C#CCCCC(C)CCNCCC. The molecule has 1 N–H and O–H groups in total. The van der Waals surface area contributed by atoms with Crippen molar-refractivity contribution in [3.8, 4) is 12.3 Å². The number of nitrogens with one attached hydrogen (secondary N) is 1. The number of unbranched alkanes of at least 4 members (excludes halogenated alkanes) is 1. The van der Waals surface area contributed by atoms with Gasteiger partial charge in [0.2, 0.25) is 0 Å². The second-order valence-electron chi connectivity index (χ2n) is 3.74. The Labute approximate surface area is 83.3 Å². The van der Waals surface area contributed by atoms with Crippen LogP contribution in [-0.4, -0.2) is 13.1 Å². The molecule has 0 amide bonds. The Kier molecular flexibility index (Phi) is 9.25. The smallest absolute Gasteiger partial charge is 0.00861 e. The maximum atomic E-state index is 5.19. The highest BCUT2D eigenvalue weighted by atomic mass is 14.8. The molecule has 0 aliphatic carbocycles. The average Bonchev–Trinajstić information content (AvgIpc) is 2.13. The Hall–Kier alpha value is -0.480.